The van der Waals surface area contributed by atoms with Crippen LogP contribution in [0.2, 0.25) is 0 Å². The molecule has 19 heavy (non-hydrogen) atoms. The molecule has 0 radical (unpaired) electrons. The van der Waals surface area contributed by atoms with E-state index in [0.717, 1.165) is 18.5 Å². The van der Waals surface area contributed by atoms with Crippen LogP contribution in [0.1, 0.15) is 42.1 Å². The molecule has 3 rings (SSSR count). The minimum Gasteiger partial charge on any atom is -0.384 e. The SMILES string of the molecule is CCNc1c2c(nc3cc(C)cc(C)c13)CCCC2. The molecular formula is C17H22N2. The zero-order valence-corrected chi connectivity index (χ0v) is 12.1. The molecule has 100 valence electrons. The second-order valence-corrected chi connectivity index (χ2v) is 5.63. The molecule has 2 nitrogen and oxygen atoms in total. The number of nitrogens with zero attached hydrogens (tertiary/aromatic N) is 1. The van der Waals surface area contributed by atoms with Crippen molar-refractivity contribution < 1.29 is 0 Å². The summed E-state index contributed by atoms with van der Waals surface area (Å²) in [7, 11) is 0. The highest BCUT2D eigenvalue weighted by Crippen LogP contribution is 2.35. The van der Waals surface area contributed by atoms with E-state index in [1.54, 1.807) is 0 Å². The molecule has 1 aromatic carbocycles. The molecule has 0 saturated heterocycles. The van der Waals surface area contributed by atoms with Gasteiger partial charge in [-0.25, -0.2) is 0 Å². The molecule has 1 aliphatic carbocycles. The lowest BCUT2D eigenvalue weighted by Crippen LogP contribution is -2.11. The van der Waals surface area contributed by atoms with Gasteiger partial charge in [0.15, 0.2) is 0 Å². The molecule has 0 spiro atoms. The maximum atomic E-state index is 4.94. The first-order chi connectivity index (χ1) is 9.20. The Hall–Kier alpha value is -1.57. The lowest BCUT2D eigenvalue weighted by molar-refractivity contribution is 0.672. The van der Waals surface area contributed by atoms with Crippen LogP contribution in [0.5, 0.6) is 0 Å². The predicted octanol–water partition coefficient (Wildman–Crippen LogP) is 4.16. The number of aryl methyl sites for hydroxylation is 3. The van der Waals surface area contributed by atoms with Gasteiger partial charge in [0.25, 0.3) is 0 Å². The number of aromatic nitrogens is 1. The summed E-state index contributed by atoms with van der Waals surface area (Å²) in [5.41, 5.74) is 7.93. The van der Waals surface area contributed by atoms with E-state index in [4.69, 9.17) is 4.98 Å². The van der Waals surface area contributed by atoms with Gasteiger partial charge in [-0.1, -0.05) is 6.07 Å². The summed E-state index contributed by atoms with van der Waals surface area (Å²) < 4.78 is 0. The zero-order chi connectivity index (χ0) is 13.4. The number of nitrogens with one attached hydrogen (secondary N) is 1. The molecule has 0 unspecified atom stereocenters. The van der Waals surface area contributed by atoms with Gasteiger partial charge in [0.2, 0.25) is 0 Å². The zero-order valence-electron chi connectivity index (χ0n) is 12.1. The van der Waals surface area contributed by atoms with Crippen molar-refractivity contribution in [1.29, 1.82) is 0 Å². The van der Waals surface area contributed by atoms with E-state index in [9.17, 15) is 0 Å². The Labute approximate surface area is 115 Å². The van der Waals surface area contributed by atoms with E-state index >= 15 is 0 Å². The highest BCUT2D eigenvalue weighted by atomic mass is 14.9. The third kappa shape index (κ3) is 2.09. The van der Waals surface area contributed by atoms with Crippen molar-refractivity contribution in [2.75, 3.05) is 11.9 Å². The number of hydrogen-bond donors (Lipinski definition) is 1. The van der Waals surface area contributed by atoms with Crippen molar-refractivity contribution in [3.63, 3.8) is 0 Å². The minimum absolute atomic E-state index is 0.971. The normalized spacial score (nSPS) is 14.5. The molecular weight excluding hydrogens is 232 g/mol. The van der Waals surface area contributed by atoms with E-state index < -0.39 is 0 Å². The van der Waals surface area contributed by atoms with Gasteiger partial charge in [-0.3, -0.25) is 4.98 Å². The van der Waals surface area contributed by atoms with Gasteiger partial charge in [0, 0.05) is 23.3 Å². The van der Waals surface area contributed by atoms with Crippen LogP contribution in [0, 0.1) is 13.8 Å². The van der Waals surface area contributed by atoms with Crippen molar-refractivity contribution in [1.82, 2.24) is 4.98 Å². The first kappa shape index (κ1) is 12.5. The molecule has 0 saturated carbocycles. The largest absolute Gasteiger partial charge is 0.384 e. The summed E-state index contributed by atoms with van der Waals surface area (Å²) >= 11 is 0. The maximum absolute atomic E-state index is 4.94. The van der Waals surface area contributed by atoms with Crippen LogP contribution in [0.4, 0.5) is 5.69 Å². The van der Waals surface area contributed by atoms with Crippen molar-refractivity contribution in [3.8, 4) is 0 Å². The number of anilines is 1. The summed E-state index contributed by atoms with van der Waals surface area (Å²) in [6.07, 6.45) is 4.88. The molecule has 1 aromatic heterocycles. The lowest BCUT2D eigenvalue weighted by Gasteiger charge is -2.22. The Bertz CT molecular complexity index is 629. The Morgan fingerprint density at radius 3 is 2.74 bits per heavy atom. The van der Waals surface area contributed by atoms with Gasteiger partial charge in [0.05, 0.1) is 5.52 Å². The molecule has 0 amide bonds. The Morgan fingerprint density at radius 1 is 1.16 bits per heavy atom. The molecule has 1 aliphatic rings. The van der Waals surface area contributed by atoms with E-state index in [2.05, 4.69) is 38.2 Å². The highest BCUT2D eigenvalue weighted by Gasteiger charge is 2.18. The summed E-state index contributed by atoms with van der Waals surface area (Å²) in [6.45, 7) is 7.50. The van der Waals surface area contributed by atoms with Crippen LogP contribution >= 0.6 is 0 Å². The molecule has 0 aliphatic heterocycles. The Morgan fingerprint density at radius 2 is 1.95 bits per heavy atom. The van der Waals surface area contributed by atoms with Gasteiger partial charge in [-0.05, 0) is 69.2 Å². The number of hydrogen-bond acceptors (Lipinski definition) is 2. The fraction of sp³-hybridized carbons (Fsp3) is 0.471. The van der Waals surface area contributed by atoms with Crippen molar-refractivity contribution >= 4 is 16.6 Å². The van der Waals surface area contributed by atoms with Crippen LogP contribution in [-0.4, -0.2) is 11.5 Å². The van der Waals surface area contributed by atoms with E-state index in [0.29, 0.717) is 0 Å². The fourth-order valence-electron chi connectivity index (χ4n) is 3.31. The number of pyridine rings is 1. The van der Waals surface area contributed by atoms with E-state index in [1.807, 2.05) is 0 Å². The average molecular weight is 254 g/mol. The predicted molar refractivity (Wildman–Crippen MR) is 82.0 cm³/mol. The molecule has 0 bridgehead atoms. The third-order valence-electron chi connectivity index (χ3n) is 4.06. The molecule has 2 aromatic rings. The average Bonchev–Trinajstić information content (AvgIpc) is 2.38. The monoisotopic (exact) mass is 254 g/mol. The van der Waals surface area contributed by atoms with E-state index in [-0.39, 0.29) is 0 Å². The van der Waals surface area contributed by atoms with Crippen LogP contribution in [-0.2, 0) is 12.8 Å². The molecule has 0 fully saturated rings. The topological polar surface area (TPSA) is 24.9 Å². The van der Waals surface area contributed by atoms with Gasteiger partial charge < -0.3 is 5.32 Å². The van der Waals surface area contributed by atoms with E-state index in [1.165, 1.54) is 52.7 Å². The van der Waals surface area contributed by atoms with Crippen molar-refractivity contribution in [2.24, 2.45) is 0 Å². The second-order valence-electron chi connectivity index (χ2n) is 5.63. The quantitative estimate of drug-likeness (QED) is 0.870. The summed E-state index contributed by atoms with van der Waals surface area (Å²) in [6, 6.07) is 4.48. The molecule has 1 heterocycles. The maximum Gasteiger partial charge on any atom is 0.0731 e. The highest BCUT2D eigenvalue weighted by molar-refractivity contribution is 5.96. The number of rotatable bonds is 2. The van der Waals surface area contributed by atoms with Gasteiger partial charge in [-0.2, -0.15) is 0 Å². The number of benzene rings is 1. The lowest BCUT2D eigenvalue weighted by atomic mass is 9.91. The van der Waals surface area contributed by atoms with Crippen molar-refractivity contribution in [3.05, 3.63) is 34.5 Å². The van der Waals surface area contributed by atoms with Gasteiger partial charge >= 0.3 is 0 Å². The first-order valence-corrected chi connectivity index (χ1v) is 7.37. The summed E-state index contributed by atoms with van der Waals surface area (Å²) in [5.74, 6) is 0. The third-order valence-corrected chi connectivity index (χ3v) is 4.06. The van der Waals surface area contributed by atoms with Crippen molar-refractivity contribution in [2.45, 2.75) is 46.5 Å². The van der Waals surface area contributed by atoms with Crippen LogP contribution in [0.25, 0.3) is 10.9 Å². The van der Waals surface area contributed by atoms with Crippen LogP contribution < -0.4 is 5.32 Å². The molecule has 1 N–H and O–H groups in total. The summed E-state index contributed by atoms with van der Waals surface area (Å²) in [5, 5.41) is 4.93. The fourth-order valence-corrected chi connectivity index (χ4v) is 3.31. The Kier molecular flexibility index (Phi) is 3.17. The second kappa shape index (κ2) is 4.84. The molecule has 2 heteroatoms. The Balaban J connectivity index is 2.35. The standard InChI is InChI=1S/C17H22N2/c1-4-18-17-13-7-5-6-8-14(13)19-15-10-11(2)9-12(3)16(15)17/h9-10H,4-8H2,1-3H3,(H,18,19). The van der Waals surface area contributed by atoms with Crippen LogP contribution in [0.15, 0.2) is 12.1 Å². The van der Waals surface area contributed by atoms with Gasteiger partial charge in [0.1, 0.15) is 0 Å². The van der Waals surface area contributed by atoms with Crippen LogP contribution in [0.3, 0.4) is 0 Å². The summed E-state index contributed by atoms with van der Waals surface area (Å²) in [4.78, 5) is 4.94. The number of fused-ring (bicyclic) bond motifs is 2. The smallest absolute Gasteiger partial charge is 0.0731 e. The molecule has 0 atom stereocenters. The minimum atomic E-state index is 0.971. The first-order valence-electron chi connectivity index (χ1n) is 7.37. The van der Waals surface area contributed by atoms with Gasteiger partial charge in [-0.15, -0.1) is 0 Å².